The topological polar surface area (TPSA) is 115 Å². The predicted octanol–water partition coefficient (Wildman–Crippen LogP) is 1.76. The molecule has 2 aromatic carbocycles. The van der Waals surface area contributed by atoms with E-state index in [0.29, 0.717) is 5.39 Å². The van der Waals surface area contributed by atoms with Gasteiger partial charge in [-0.15, -0.1) is 0 Å². The Bertz CT molecular complexity index is 667. The first kappa shape index (κ1) is 12.6. The van der Waals surface area contributed by atoms with Crippen molar-refractivity contribution in [1.82, 2.24) is 0 Å². The van der Waals surface area contributed by atoms with Gasteiger partial charge in [0.2, 0.25) is 4.90 Å². The molecule has 7 nitrogen and oxygen atoms in total. The maximum Gasteiger partial charge on any atom is 0.448 e. The van der Waals surface area contributed by atoms with Crippen molar-refractivity contribution in [2.45, 2.75) is 4.90 Å². The van der Waals surface area contributed by atoms with Crippen molar-refractivity contribution in [3.63, 3.8) is 0 Å². The summed E-state index contributed by atoms with van der Waals surface area (Å²) in [4.78, 5) is 9.94. The highest BCUT2D eigenvalue weighted by Gasteiger charge is 2.38. The largest absolute Gasteiger partial charge is 0.448 e. The minimum absolute atomic E-state index is 0.0181. The van der Waals surface area contributed by atoms with Crippen molar-refractivity contribution in [2.24, 2.45) is 5.90 Å². The number of hydrogen-bond acceptors (Lipinski definition) is 5. The molecule has 2 aromatic rings. The molecule has 0 spiro atoms. The maximum atomic E-state index is 11.6. The summed E-state index contributed by atoms with van der Waals surface area (Å²) in [7, 11) is -4.21. The first-order chi connectivity index (χ1) is 8.47. The zero-order valence-electron chi connectivity index (χ0n) is 8.94. The smallest absolute Gasteiger partial charge is 0.258 e. The van der Waals surface area contributed by atoms with Crippen LogP contribution in [0.3, 0.4) is 0 Å². The summed E-state index contributed by atoms with van der Waals surface area (Å²) in [5, 5.41) is 11.3. The average molecular weight is 268 g/mol. The molecule has 0 saturated carbocycles. The number of hydrogen-bond donors (Lipinski definition) is 1. The van der Waals surface area contributed by atoms with Crippen molar-refractivity contribution < 1.29 is 18.0 Å². The second-order valence-electron chi connectivity index (χ2n) is 3.44. The molecule has 0 fully saturated rings. The summed E-state index contributed by atoms with van der Waals surface area (Å²) in [6.45, 7) is 0. The van der Waals surface area contributed by atoms with Gasteiger partial charge >= 0.3 is 10.5 Å². The molecular weight excluding hydrogens is 260 g/mol. The zero-order chi connectivity index (χ0) is 13.3. The first-order valence-corrected chi connectivity index (χ1v) is 6.17. The Morgan fingerprint density at radius 2 is 1.83 bits per heavy atom. The summed E-state index contributed by atoms with van der Waals surface area (Å²) < 4.78 is 27.2. The van der Waals surface area contributed by atoms with Crippen molar-refractivity contribution in [1.29, 1.82) is 0 Å². The lowest BCUT2D eigenvalue weighted by Gasteiger charge is -2.02. The van der Waals surface area contributed by atoms with E-state index >= 15 is 0 Å². The second kappa shape index (κ2) is 4.42. The molecule has 0 aliphatic heterocycles. The quantitative estimate of drug-likeness (QED) is 0.517. The molecule has 1 atom stereocenters. The summed E-state index contributed by atoms with van der Waals surface area (Å²) in [6, 6.07) is 8.49. The molecule has 18 heavy (non-hydrogen) atoms. The van der Waals surface area contributed by atoms with E-state index in [1.54, 1.807) is 12.1 Å². The summed E-state index contributed by atoms with van der Waals surface area (Å²) in [5.41, 5.74) is -0.316. The van der Waals surface area contributed by atoms with E-state index in [1.807, 2.05) is 0 Å². The van der Waals surface area contributed by atoms with Crippen LogP contribution < -0.4 is 5.90 Å². The Labute approximate surface area is 103 Å². The number of nitrogens with zero attached hydrogens (tertiary/aromatic N) is 1. The maximum absolute atomic E-state index is 11.6. The van der Waals surface area contributed by atoms with Crippen LogP contribution >= 0.6 is 0 Å². The van der Waals surface area contributed by atoms with Crippen molar-refractivity contribution in [3.05, 3.63) is 46.5 Å². The first-order valence-electron chi connectivity index (χ1n) is 4.77. The molecule has 0 aliphatic rings. The highest BCUT2D eigenvalue weighted by atomic mass is 32.3. The van der Waals surface area contributed by atoms with Gasteiger partial charge in [-0.3, -0.25) is 10.1 Å². The van der Waals surface area contributed by atoms with Crippen LogP contribution in [0.25, 0.3) is 10.8 Å². The second-order valence-corrected chi connectivity index (χ2v) is 4.98. The molecule has 0 bridgehead atoms. The number of nitro benzene ring substituents is 1. The van der Waals surface area contributed by atoms with E-state index in [2.05, 4.69) is 4.28 Å². The Balaban J connectivity index is 2.91. The lowest BCUT2D eigenvalue weighted by atomic mass is 10.1. The molecule has 1 radical (unpaired) electrons. The van der Waals surface area contributed by atoms with Gasteiger partial charge in [0.05, 0.1) is 9.48 Å². The van der Waals surface area contributed by atoms with E-state index in [-0.39, 0.29) is 16.0 Å². The minimum Gasteiger partial charge on any atom is -0.258 e. The van der Waals surface area contributed by atoms with Crippen LogP contribution in [0.15, 0.2) is 41.3 Å². The summed E-state index contributed by atoms with van der Waals surface area (Å²) >= 11 is 0. The third kappa shape index (κ3) is 1.97. The van der Waals surface area contributed by atoms with Crippen molar-refractivity contribution >= 4 is 27.0 Å². The van der Waals surface area contributed by atoms with Gasteiger partial charge in [-0.25, -0.2) is 0 Å². The molecule has 2 N–H and O–H groups in total. The molecule has 0 heterocycles. The van der Waals surface area contributed by atoms with E-state index in [9.17, 15) is 18.9 Å². The predicted molar refractivity (Wildman–Crippen MR) is 62.9 cm³/mol. The monoisotopic (exact) mass is 268 g/mol. The van der Waals surface area contributed by atoms with Gasteiger partial charge in [0, 0.05) is 12.1 Å². The Hall–Kier alpha value is -1.87. The molecule has 1 unspecified atom stereocenters. The van der Waals surface area contributed by atoms with Crippen LogP contribution in [0.2, 0.25) is 0 Å². The van der Waals surface area contributed by atoms with Gasteiger partial charge in [0.25, 0.3) is 5.69 Å². The SMILES string of the molecule is NO[S+]([O])(=O)c1cccc2cccc([N+](=O)[O-])c12. The molecular formula is C10H8N2O5S+. The van der Waals surface area contributed by atoms with E-state index in [0.717, 1.165) is 0 Å². The molecule has 0 amide bonds. The Kier molecular flexibility index (Phi) is 3.09. The number of fused-ring (bicyclic) bond motifs is 1. The third-order valence-electron chi connectivity index (χ3n) is 2.44. The van der Waals surface area contributed by atoms with E-state index in [1.165, 1.54) is 24.3 Å². The number of benzene rings is 2. The lowest BCUT2D eigenvalue weighted by Crippen LogP contribution is -2.17. The lowest BCUT2D eigenvalue weighted by molar-refractivity contribution is -0.383. The summed E-state index contributed by atoms with van der Waals surface area (Å²) in [6.07, 6.45) is 0. The van der Waals surface area contributed by atoms with Crippen LogP contribution in [0, 0.1) is 10.1 Å². The van der Waals surface area contributed by atoms with Crippen LogP contribution in [-0.4, -0.2) is 4.92 Å². The Morgan fingerprint density at radius 3 is 2.39 bits per heavy atom. The molecule has 8 heteroatoms. The molecule has 93 valence electrons. The van der Waals surface area contributed by atoms with Crippen LogP contribution in [0.4, 0.5) is 5.69 Å². The zero-order valence-corrected chi connectivity index (χ0v) is 9.75. The molecule has 2 rings (SSSR count). The Morgan fingerprint density at radius 1 is 1.22 bits per heavy atom. The normalized spacial score (nSPS) is 14.3. The van der Waals surface area contributed by atoms with Gasteiger partial charge in [0.15, 0.2) is 0 Å². The van der Waals surface area contributed by atoms with Gasteiger partial charge in [-0.1, -0.05) is 24.3 Å². The highest BCUT2D eigenvalue weighted by Crippen LogP contribution is 2.33. The number of nitrogens with two attached hydrogens (primary N) is 1. The van der Waals surface area contributed by atoms with Gasteiger partial charge in [-0.05, 0) is 13.9 Å². The minimum atomic E-state index is -4.21. The summed E-state index contributed by atoms with van der Waals surface area (Å²) in [5.74, 6) is 4.70. The number of rotatable bonds is 3. The fourth-order valence-corrected chi connectivity index (χ4v) is 2.52. The van der Waals surface area contributed by atoms with Crippen molar-refractivity contribution in [3.8, 4) is 0 Å². The fourth-order valence-electron chi connectivity index (χ4n) is 1.70. The van der Waals surface area contributed by atoms with Crippen LogP contribution in [0.5, 0.6) is 0 Å². The fraction of sp³-hybridized carbons (Fsp3) is 0. The molecule has 0 aliphatic carbocycles. The van der Waals surface area contributed by atoms with Crippen molar-refractivity contribution in [2.75, 3.05) is 0 Å². The molecule has 0 saturated heterocycles. The highest BCUT2D eigenvalue weighted by molar-refractivity contribution is 7.93. The molecule has 0 aromatic heterocycles. The van der Waals surface area contributed by atoms with Gasteiger partial charge in [0.1, 0.15) is 5.39 Å². The van der Waals surface area contributed by atoms with Gasteiger partial charge < -0.3 is 0 Å². The standard InChI is InChI=1S/C10H8N2O5S/c11-17-18(15,16)9-6-2-4-7-3-1-5-8(10(7)9)12(13)14/h1-6H,11H2/q+1. The number of non-ortho nitro benzene ring substituents is 1. The van der Waals surface area contributed by atoms with Crippen LogP contribution in [-0.2, 0) is 23.5 Å². The van der Waals surface area contributed by atoms with Gasteiger partial charge in [-0.2, -0.15) is 5.90 Å². The third-order valence-corrected chi connectivity index (χ3v) is 3.57. The van der Waals surface area contributed by atoms with Crippen LogP contribution in [0.1, 0.15) is 0 Å². The van der Waals surface area contributed by atoms with E-state index < -0.39 is 15.4 Å². The van der Waals surface area contributed by atoms with E-state index in [4.69, 9.17) is 5.90 Å². The number of nitro groups is 1. The average Bonchev–Trinajstić information content (AvgIpc) is 2.37.